The number of halogens is 2. The summed E-state index contributed by atoms with van der Waals surface area (Å²) in [6, 6.07) is 5.51. The largest absolute Gasteiger partial charge is 0.305 e. The molecule has 0 aliphatic carbocycles. The fourth-order valence-corrected chi connectivity index (χ4v) is 2.08. The van der Waals surface area contributed by atoms with Crippen molar-refractivity contribution in [2.45, 2.75) is 32.9 Å². The number of aromatic nitrogens is 4. The first-order valence-corrected chi connectivity index (χ1v) is 7.01. The highest BCUT2D eigenvalue weighted by atomic mass is 79.9. The van der Waals surface area contributed by atoms with Crippen molar-refractivity contribution >= 4 is 27.5 Å². The van der Waals surface area contributed by atoms with Crippen LogP contribution in [0.5, 0.6) is 0 Å². The number of benzene rings is 1. The summed E-state index contributed by atoms with van der Waals surface area (Å²) in [4.78, 5) is 0. The Morgan fingerprint density at radius 1 is 1.37 bits per heavy atom. The van der Waals surface area contributed by atoms with E-state index in [-0.39, 0.29) is 5.54 Å². The zero-order chi connectivity index (χ0) is 14.0. The van der Waals surface area contributed by atoms with Crippen LogP contribution in [0.25, 0.3) is 5.69 Å². The predicted octanol–water partition coefficient (Wildman–Crippen LogP) is 2.97. The first-order valence-electron chi connectivity index (χ1n) is 5.84. The van der Waals surface area contributed by atoms with Gasteiger partial charge >= 0.3 is 0 Å². The standard InChI is InChI=1S/C12H15BrClN5/c1-12(2,3)15-7-11-16-17-18-19(11)10-6-8(14)4-5-9(10)13/h4-6,15H,7H2,1-3H3. The van der Waals surface area contributed by atoms with Crippen molar-refractivity contribution in [2.24, 2.45) is 0 Å². The molecule has 0 saturated heterocycles. The van der Waals surface area contributed by atoms with Crippen LogP contribution in [0.1, 0.15) is 26.6 Å². The molecule has 0 atom stereocenters. The van der Waals surface area contributed by atoms with Crippen molar-refractivity contribution in [2.75, 3.05) is 0 Å². The lowest BCUT2D eigenvalue weighted by Crippen LogP contribution is -2.36. The van der Waals surface area contributed by atoms with Crippen LogP contribution in [0.2, 0.25) is 5.02 Å². The van der Waals surface area contributed by atoms with Crippen LogP contribution >= 0.6 is 27.5 Å². The van der Waals surface area contributed by atoms with E-state index >= 15 is 0 Å². The summed E-state index contributed by atoms with van der Waals surface area (Å²) in [5, 5.41) is 15.8. The van der Waals surface area contributed by atoms with Crippen LogP contribution in [-0.4, -0.2) is 25.7 Å². The lowest BCUT2D eigenvalue weighted by molar-refractivity contribution is 0.415. The topological polar surface area (TPSA) is 55.6 Å². The van der Waals surface area contributed by atoms with Crippen LogP contribution in [0.4, 0.5) is 0 Å². The Bertz CT molecular complexity index is 576. The summed E-state index contributed by atoms with van der Waals surface area (Å²) in [6.07, 6.45) is 0. The maximum atomic E-state index is 6.02. The second kappa shape index (κ2) is 5.56. The first-order chi connectivity index (χ1) is 8.87. The Morgan fingerprint density at radius 3 is 2.79 bits per heavy atom. The highest BCUT2D eigenvalue weighted by Gasteiger charge is 2.15. The minimum Gasteiger partial charge on any atom is -0.305 e. The molecule has 1 heterocycles. The van der Waals surface area contributed by atoms with Gasteiger partial charge in [0.05, 0.1) is 12.2 Å². The van der Waals surface area contributed by atoms with Gasteiger partial charge < -0.3 is 5.32 Å². The summed E-state index contributed by atoms with van der Waals surface area (Å²) in [5.74, 6) is 0.734. The predicted molar refractivity (Wildman–Crippen MR) is 78.5 cm³/mol. The summed E-state index contributed by atoms with van der Waals surface area (Å²) in [5.41, 5.74) is 0.825. The third-order valence-corrected chi connectivity index (χ3v) is 3.35. The molecule has 102 valence electrons. The van der Waals surface area contributed by atoms with Crippen LogP contribution in [0.15, 0.2) is 22.7 Å². The number of nitrogens with one attached hydrogen (secondary N) is 1. The molecule has 0 unspecified atom stereocenters. The van der Waals surface area contributed by atoms with E-state index in [1.165, 1.54) is 0 Å². The first kappa shape index (κ1) is 14.4. The lowest BCUT2D eigenvalue weighted by Gasteiger charge is -2.20. The monoisotopic (exact) mass is 343 g/mol. The molecule has 1 aromatic heterocycles. The van der Waals surface area contributed by atoms with E-state index in [2.05, 4.69) is 57.5 Å². The molecule has 2 aromatic rings. The maximum Gasteiger partial charge on any atom is 0.170 e. The van der Waals surface area contributed by atoms with Gasteiger partial charge in [-0.05, 0) is 65.3 Å². The van der Waals surface area contributed by atoms with E-state index in [9.17, 15) is 0 Å². The molecule has 2 rings (SSSR count). The number of nitrogens with zero attached hydrogens (tertiary/aromatic N) is 4. The van der Waals surface area contributed by atoms with Gasteiger partial charge in [0, 0.05) is 15.0 Å². The molecule has 0 aliphatic heterocycles. The van der Waals surface area contributed by atoms with Gasteiger partial charge in [-0.2, -0.15) is 4.68 Å². The van der Waals surface area contributed by atoms with E-state index < -0.39 is 0 Å². The summed E-state index contributed by atoms with van der Waals surface area (Å²) in [7, 11) is 0. The van der Waals surface area contributed by atoms with Crippen LogP contribution < -0.4 is 5.32 Å². The van der Waals surface area contributed by atoms with Gasteiger partial charge in [-0.15, -0.1) is 5.10 Å². The highest BCUT2D eigenvalue weighted by Crippen LogP contribution is 2.24. The molecule has 0 aliphatic rings. The Kier molecular flexibility index (Phi) is 4.23. The minimum atomic E-state index is 0.00233. The molecule has 1 aromatic carbocycles. The number of hydrogen-bond donors (Lipinski definition) is 1. The van der Waals surface area contributed by atoms with Gasteiger partial charge in [0.15, 0.2) is 5.82 Å². The van der Waals surface area contributed by atoms with Gasteiger partial charge in [-0.25, -0.2) is 0 Å². The fraction of sp³-hybridized carbons (Fsp3) is 0.417. The molecule has 5 nitrogen and oxygen atoms in total. The summed E-state index contributed by atoms with van der Waals surface area (Å²) < 4.78 is 2.57. The third-order valence-electron chi connectivity index (χ3n) is 2.45. The van der Waals surface area contributed by atoms with Crippen molar-refractivity contribution < 1.29 is 0 Å². The second-order valence-corrected chi connectivity index (χ2v) is 6.50. The number of hydrogen-bond acceptors (Lipinski definition) is 4. The van der Waals surface area contributed by atoms with Gasteiger partial charge in [-0.1, -0.05) is 11.6 Å². The molecule has 0 bridgehead atoms. The Labute approximate surface area is 125 Å². The normalized spacial score (nSPS) is 11.8. The zero-order valence-electron chi connectivity index (χ0n) is 11.0. The molecule has 0 radical (unpaired) electrons. The van der Waals surface area contributed by atoms with Crippen molar-refractivity contribution in [1.29, 1.82) is 0 Å². The number of tetrazole rings is 1. The second-order valence-electron chi connectivity index (χ2n) is 5.21. The van der Waals surface area contributed by atoms with Gasteiger partial charge in [-0.3, -0.25) is 0 Å². The van der Waals surface area contributed by atoms with E-state index in [1.807, 2.05) is 18.2 Å². The highest BCUT2D eigenvalue weighted by molar-refractivity contribution is 9.10. The zero-order valence-corrected chi connectivity index (χ0v) is 13.3. The number of rotatable bonds is 3. The van der Waals surface area contributed by atoms with E-state index in [0.717, 1.165) is 16.0 Å². The molecular weight excluding hydrogens is 330 g/mol. The minimum absolute atomic E-state index is 0.00233. The maximum absolute atomic E-state index is 6.02. The van der Waals surface area contributed by atoms with E-state index in [4.69, 9.17) is 11.6 Å². The van der Waals surface area contributed by atoms with Crippen LogP contribution in [0, 0.1) is 0 Å². The Balaban J connectivity index is 2.31. The molecule has 0 amide bonds. The molecule has 19 heavy (non-hydrogen) atoms. The average molecular weight is 345 g/mol. The van der Waals surface area contributed by atoms with Crippen molar-refractivity contribution in [3.8, 4) is 5.69 Å². The van der Waals surface area contributed by atoms with Crippen molar-refractivity contribution in [3.05, 3.63) is 33.5 Å². The molecule has 0 fully saturated rings. The van der Waals surface area contributed by atoms with Gasteiger partial charge in [0.25, 0.3) is 0 Å². The van der Waals surface area contributed by atoms with E-state index in [0.29, 0.717) is 11.6 Å². The molecule has 7 heteroatoms. The molecule has 1 N–H and O–H groups in total. The van der Waals surface area contributed by atoms with Crippen molar-refractivity contribution in [1.82, 2.24) is 25.5 Å². The summed E-state index contributed by atoms with van der Waals surface area (Å²) in [6.45, 7) is 6.86. The average Bonchev–Trinajstić information content (AvgIpc) is 2.77. The quantitative estimate of drug-likeness (QED) is 0.930. The Hall–Kier alpha value is -0.980. The van der Waals surface area contributed by atoms with Crippen LogP contribution in [-0.2, 0) is 6.54 Å². The molecule has 0 spiro atoms. The smallest absolute Gasteiger partial charge is 0.170 e. The SMILES string of the molecule is CC(C)(C)NCc1nnnn1-c1cc(Cl)ccc1Br. The third kappa shape index (κ3) is 3.75. The van der Waals surface area contributed by atoms with Crippen LogP contribution in [0.3, 0.4) is 0 Å². The van der Waals surface area contributed by atoms with Crippen molar-refractivity contribution in [3.63, 3.8) is 0 Å². The van der Waals surface area contributed by atoms with E-state index in [1.54, 1.807) is 4.68 Å². The molecular formula is C12H15BrClN5. The Morgan fingerprint density at radius 2 is 2.11 bits per heavy atom. The van der Waals surface area contributed by atoms with Gasteiger partial charge in [0.2, 0.25) is 0 Å². The van der Waals surface area contributed by atoms with Gasteiger partial charge in [0.1, 0.15) is 0 Å². The molecule has 0 saturated carbocycles. The summed E-state index contributed by atoms with van der Waals surface area (Å²) >= 11 is 9.50. The fourth-order valence-electron chi connectivity index (χ4n) is 1.50. The lowest BCUT2D eigenvalue weighted by atomic mass is 10.1.